The number of hydrogen-bond acceptors (Lipinski definition) is 3. The van der Waals surface area contributed by atoms with Gasteiger partial charge in [0, 0.05) is 0 Å². The van der Waals surface area contributed by atoms with Gasteiger partial charge in [0.25, 0.3) is 0 Å². The highest BCUT2D eigenvalue weighted by Crippen LogP contribution is 2.34. The Balaban J connectivity index is 2.73. The van der Waals surface area contributed by atoms with E-state index in [1.807, 2.05) is 35.0 Å². The molecule has 1 N–H and O–H groups in total. The molecular weight excluding hydrogens is 269 g/mol. The van der Waals surface area contributed by atoms with E-state index in [-0.39, 0.29) is 5.78 Å². The monoisotopic (exact) mass is 275 g/mol. The van der Waals surface area contributed by atoms with Crippen LogP contribution in [0.1, 0.15) is 17.3 Å². The maximum atomic E-state index is 11.2. The zero-order valence-electron chi connectivity index (χ0n) is 6.35. The predicted octanol–water partition coefficient (Wildman–Crippen LogP) is 2.84. The molecule has 0 aliphatic carbocycles. The summed E-state index contributed by atoms with van der Waals surface area (Å²) in [5.41, 5.74) is 2.85. The summed E-state index contributed by atoms with van der Waals surface area (Å²) < 4.78 is 8.23. The van der Waals surface area contributed by atoms with Crippen LogP contribution in [0.3, 0.4) is 0 Å². The molecular formula is C8H6INO2. The van der Waals surface area contributed by atoms with Gasteiger partial charge in [0.1, 0.15) is 11.3 Å². The van der Waals surface area contributed by atoms with Gasteiger partial charge < -0.3 is 7.95 Å². The Morgan fingerprint density at radius 2 is 2.17 bits per heavy atom. The molecule has 0 fully saturated rings. The van der Waals surface area contributed by atoms with Crippen molar-refractivity contribution in [1.29, 1.82) is 0 Å². The van der Waals surface area contributed by atoms with E-state index in [0.29, 0.717) is 11.1 Å². The first-order chi connectivity index (χ1) is 5.74. The maximum Gasteiger partial charge on any atom is 0.165 e. The lowest BCUT2D eigenvalue weighted by Crippen LogP contribution is -1.94. The topological polar surface area (TPSA) is 42.2 Å². The smallest absolute Gasteiger partial charge is 0.165 e. The van der Waals surface area contributed by atoms with Crippen molar-refractivity contribution in [2.24, 2.45) is 0 Å². The van der Waals surface area contributed by atoms with Crippen molar-refractivity contribution in [3.05, 3.63) is 17.7 Å². The van der Waals surface area contributed by atoms with E-state index in [9.17, 15) is 4.79 Å². The molecule has 3 nitrogen and oxygen atoms in total. The van der Waals surface area contributed by atoms with Crippen molar-refractivity contribution in [2.45, 2.75) is 6.92 Å². The molecule has 0 aliphatic rings. The summed E-state index contributed by atoms with van der Waals surface area (Å²) in [6, 6.07) is 3.66. The molecule has 0 atom stereocenters. The molecule has 0 radical (unpaired) electrons. The highest BCUT2D eigenvalue weighted by molar-refractivity contribution is 14.1. The average Bonchev–Trinajstić information content (AvgIpc) is 2.60. The van der Waals surface area contributed by atoms with Gasteiger partial charge in [-0.15, -0.1) is 0 Å². The van der Waals surface area contributed by atoms with Crippen LogP contribution in [-0.2, 0) is 0 Å². The van der Waals surface area contributed by atoms with Crippen LogP contribution in [0.4, 0.5) is 5.69 Å². The van der Waals surface area contributed by atoms with Crippen LogP contribution in [0.15, 0.2) is 16.5 Å². The standard InChI is InChI=1S/C8H6INO2/c1-4(11)7-5-2-3-6(12-5)8(7)10-9/h2-3,10H,1H3. The second kappa shape index (κ2) is 2.62. The molecule has 0 amide bonds. The summed E-state index contributed by atoms with van der Waals surface area (Å²) in [5, 5.41) is 0. The minimum absolute atomic E-state index is 0.0310. The number of benzene rings is 1. The van der Waals surface area contributed by atoms with E-state index in [0.717, 1.165) is 11.3 Å². The fourth-order valence-electron chi connectivity index (χ4n) is 1.30. The molecule has 4 heteroatoms. The SMILES string of the molecule is CC(=O)c1c(NI)c2ccc1o2. The summed E-state index contributed by atoms with van der Waals surface area (Å²) in [7, 11) is 0. The predicted molar refractivity (Wildman–Crippen MR) is 55.0 cm³/mol. The van der Waals surface area contributed by atoms with Crippen molar-refractivity contribution < 1.29 is 9.21 Å². The molecule has 0 aliphatic heterocycles. The molecule has 2 rings (SSSR count). The van der Waals surface area contributed by atoms with E-state index in [1.165, 1.54) is 6.92 Å². The minimum Gasteiger partial charge on any atom is -0.454 e. The van der Waals surface area contributed by atoms with Crippen LogP contribution in [-0.4, -0.2) is 5.78 Å². The number of hydrogen-bond donors (Lipinski definition) is 1. The number of carbonyl (C=O) groups excluding carboxylic acids is 1. The molecule has 0 aromatic carbocycles. The fraction of sp³-hybridized carbons (Fsp3) is 0.125. The Morgan fingerprint density at radius 1 is 1.50 bits per heavy atom. The number of carbonyl (C=O) groups is 1. The minimum atomic E-state index is 0.0310. The fourth-order valence-corrected chi connectivity index (χ4v) is 1.83. The van der Waals surface area contributed by atoms with E-state index in [1.54, 1.807) is 0 Å². The van der Waals surface area contributed by atoms with Gasteiger partial charge in [0.2, 0.25) is 0 Å². The lowest BCUT2D eigenvalue weighted by Gasteiger charge is -1.97. The Bertz CT molecular complexity index is 421. The van der Waals surface area contributed by atoms with E-state index in [4.69, 9.17) is 4.42 Å². The molecule has 2 bridgehead atoms. The summed E-state index contributed by atoms with van der Waals surface area (Å²) in [6.45, 7) is 1.54. The van der Waals surface area contributed by atoms with Crippen molar-refractivity contribution in [3.8, 4) is 0 Å². The third-order valence-corrected chi connectivity index (χ3v) is 2.33. The molecule has 0 spiro atoms. The normalized spacial score (nSPS) is 10.8. The van der Waals surface area contributed by atoms with E-state index >= 15 is 0 Å². The average molecular weight is 275 g/mol. The van der Waals surface area contributed by atoms with Gasteiger partial charge in [0.05, 0.1) is 28.4 Å². The van der Waals surface area contributed by atoms with Crippen LogP contribution < -0.4 is 3.53 Å². The number of anilines is 1. The van der Waals surface area contributed by atoms with Crippen LogP contribution in [0.2, 0.25) is 0 Å². The maximum absolute atomic E-state index is 11.2. The molecule has 12 heavy (non-hydrogen) atoms. The quantitative estimate of drug-likeness (QED) is 0.520. The summed E-state index contributed by atoms with van der Waals surface area (Å²) in [4.78, 5) is 11.2. The van der Waals surface area contributed by atoms with Crippen LogP contribution >= 0.6 is 22.9 Å². The highest BCUT2D eigenvalue weighted by Gasteiger charge is 2.18. The summed E-state index contributed by atoms with van der Waals surface area (Å²) in [6.07, 6.45) is 0. The zero-order chi connectivity index (χ0) is 8.72. The van der Waals surface area contributed by atoms with Gasteiger partial charge in [-0.1, -0.05) is 0 Å². The van der Waals surface area contributed by atoms with Crippen molar-refractivity contribution in [1.82, 2.24) is 0 Å². The lowest BCUT2D eigenvalue weighted by atomic mass is 10.1. The van der Waals surface area contributed by atoms with Gasteiger partial charge in [0.15, 0.2) is 11.4 Å². The molecule has 2 heterocycles. The van der Waals surface area contributed by atoms with Crippen molar-refractivity contribution in [3.63, 3.8) is 0 Å². The summed E-state index contributed by atoms with van der Waals surface area (Å²) in [5.74, 6) is 0.0310. The number of rotatable bonds is 2. The summed E-state index contributed by atoms with van der Waals surface area (Å²) >= 11 is 1.99. The highest BCUT2D eigenvalue weighted by atomic mass is 127. The van der Waals surface area contributed by atoms with Gasteiger partial charge in [-0.05, 0) is 19.1 Å². The first-order valence-corrected chi connectivity index (χ1v) is 4.54. The number of furan rings is 2. The first kappa shape index (κ1) is 7.85. The lowest BCUT2D eigenvalue weighted by molar-refractivity contribution is 0.102. The van der Waals surface area contributed by atoms with Gasteiger partial charge in [-0.25, -0.2) is 0 Å². The Morgan fingerprint density at radius 3 is 2.67 bits per heavy atom. The molecule has 2 aromatic rings. The number of Topliss-reactive ketones (excluding diaryl/α,β-unsaturated/α-hetero) is 1. The van der Waals surface area contributed by atoms with Crippen LogP contribution in [0, 0.1) is 0 Å². The number of fused-ring (bicyclic) bond motifs is 2. The third-order valence-electron chi connectivity index (χ3n) is 1.80. The van der Waals surface area contributed by atoms with Crippen molar-refractivity contribution >= 4 is 45.5 Å². The molecule has 0 saturated carbocycles. The number of halogens is 1. The van der Waals surface area contributed by atoms with E-state index in [2.05, 4.69) is 3.53 Å². The van der Waals surface area contributed by atoms with Gasteiger partial charge in [-0.2, -0.15) is 0 Å². The molecule has 0 unspecified atom stereocenters. The second-order valence-electron chi connectivity index (χ2n) is 2.56. The Labute approximate surface area is 82.9 Å². The largest absolute Gasteiger partial charge is 0.454 e. The number of ketones is 1. The van der Waals surface area contributed by atoms with Gasteiger partial charge in [-0.3, -0.25) is 4.79 Å². The van der Waals surface area contributed by atoms with Crippen molar-refractivity contribution in [2.75, 3.05) is 3.53 Å². The third kappa shape index (κ3) is 0.906. The van der Waals surface area contributed by atoms with Crippen LogP contribution in [0.5, 0.6) is 0 Å². The molecule has 2 aromatic heterocycles. The van der Waals surface area contributed by atoms with E-state index < -0.39 is 0 Å². The number of nitrogens with one attached hydrogen (secondary N) is 1. The second-order valence-corrected chi connectivity index (χ2v) is 3.10. The molecule has 62 valence electrons. The zero-order valence-corrected chi connectivity index (χ0v) is 8.51. The molecule has 0 saturated heterocycles. The van der Waals surface area contributed by atoms with Crippen LogP contribution in [0.25, 0.3) is 11.2 Å². The Kier molecular flexibility index (Phi) is 1.71. The van der Waals surface area contributed by atoms with Gasteiger partial charge >= 0.3 is 0 Å². The first-order valence-electron chi connectivity index (χ1n) is 3.46. The Hall–Kier alpha value is -0.780.